The quantitative estimate of drug-likeness (QED) is 0.586. The Hall–Kier alpha value is -1.34. The summed E-state index contributed by atoms with van der Waals surface area (Å²) in [5.74, 6) is 1.20. The normalized spacial score (nSPS) is 44.3. The SMILES string of the molecule is CCCO[C@@]12CCC(O)C3Oc4c(O)ccc5c4[C@@]31CC[N+]([O-])(CC1CC1)[C@@H]2C5. The largest absolute Gasteiger partial charge is 0.632 e. The van der Waals surface area contributed by atoms with Gasteiger partial charge in [0.15, 0.2) is 11.5 Å². The van der Waals surface area contributed by atoms with Crippen molar-refractivity contribution in [3.63, 3.8) is 0 Å². The molecule has 6 atom stereocenters. The van der Waals surface area contributed by atoms with Gasteiger partial charge in [0.1, 0.15) is 17.7 Å². The highest BCUT2D eigenvalue weighted by Crippen LogP contribution is 2.67. The number of piperidine rings is 1. The third-order valence-corrected chi connectivity index (χ3v) is 8.55. The number of ether oxygens (including phenoxy) is 2. The minimum atomic E-state index is -0.631. The van der Waals surface area contributed by atoms with Gasteiger partial charge in [-0.3, -0.25) is 0 Å². The molecule has 0 aromatic heterocycles. The molecule has 3 aliphatic carbocycles. The fourth-order valence-electron chi connectivity index (χ4n) is 7.28. The van der Waals surface area contributed by atoms with E-state index in [9.17, 15) is 15.4 Å². The summed E-state index contributed by atoms with van der Waals surface area (Å²) in [6, 6.07) is 3.47. The number of aromatic hydroxyl groups is 1. The Morgan fingerprint density at radius 3 is 2.86 bits per heavy atom. The standard InChI is InChI=1S/C23H31NO5/c1-2-11-28-23-8-7-17(26)21-22(23)9-10-24(27,13-14-3-4-14)18(23)12-15-5-6-16(25)20(29-21)19(15)22/h5-6,14,17-18,21,25-26H,2-4,7-13H2,1H3/t17?,18-,21?,22+,23-,24?/m1/s1. The van der Waals surface area contributed by atoms with Crippen LogP contribution in [0.15, 0.2) is 12.1 Å². The molecule has 3 fully saturated rings. The molecule has 1 aromatic rings. The van der Waals surface area contributed by atoms with Crippen molar-refractivity contribution < 1.29 is 24.3 Å². The highest BCUT2D eigenvalue weighted by atomic mass is 16.6. The van der Waals surface area contributed by atoms with Crippen molar-refractivity contribution in [1.29, 1.82) is 0 Å². The van der Waals surface area contributed by atoms with Crippen LogP contribution >= 0.6 is 0 Å². The Kier molecular flexibility index (Phi) is 3.73. The third kappa shape index (κ3) is 2.16. The zero-order chi connectivity index (χ0) is 20.0. The average Bonchev–Trinajstić information content (AvgIpc) is 3.43. The zero-order valence-corrected chi connectivity index (χ0v) is 17.1. The molecule has 2 N–H and O–H groups in total. The fraction of sp³-hybridized carbons (Fsp3) is 0.739. The van der Waals surface area contributed by atoms with Crippen LogP contribution in [0.4, 0.5) is 0 Å². The Labute approximate surface area is 171 Å². The van der Waals surface area contributed by atoms with Crippen molar-refractivity contribution >= 4 is 0 Å². The summed E-state index contributed by atoms with van der Waals surface area (Å²) in [7, 11) is 0. The molecule has 2 heterocycles. The number of hydrogen-bond donors (Lipinski definition) is 2. The maximum atomic E-state index is 14.3. The summed E-state index contributed by atoms with van der Waals surface area (Å²) in [6.45, 7) is 3.93. The molecule has 6 heteroatoms. The molecule has 1 saturated heterocycles. The lowest BCUT2D eigenvalue weighted by atomic mass is 9.48. The smallest absolute Gasteiger partial charge is 0.165 e. The number of rotatable bonds is 5. The number of hydroxylamine groups is 3. The zero-order valence-electron chi connectivity index (χ0n) is 17.1. The molecule has 0 radical (unpaired) electrons. The van der Waals surface area contributed by atoms with Gasteiger partial charge in [0.2, 0.25) is 0 Å². The summed E-state index contributed by atoms with van der Waals surface area (Å²) in [5, 5.41) is 35.9. The number of phenols is 1. The number of benzene rings is 1. The maximum Gasteiger partial charge on any atom is 0.165 e. The highest BCUT2D eigenvalue weighted by molar-refractivity contribution is 5.62. The fourth-order valence-corrected chi connectivity index (χ4v) is 7.28. The van der Waals surface area contributed by atoms with Crippen molar-refractivity contribution in [2.45, 2.75) is 81.1 Å². The van der Waals surface area contributed by atoms with E-state index in [0.717, 1.165) is 17.5 Å². The lowest BCUT2D eigenvalue weighted by Crippen LogP contribution is -2.81. The topological polar surface area (TPSA) is 82.0 Å². The minimum Gasteiger partial charge on any atom is -0.632 e. The molecule has 158 valence electrons. The van der Waals surface area contributed by atoms with E-state index in [2.05, 4.69) is 6.92 Å². The van der Waals surface area contributed by atoms with Gasteiger partial charge in [-0.15, -0.1) is 0 Å². The van der Waals surface area contributed by atoms with E-state index in [1.807, 2.05) is 6.07 Å². The predicted octanol–water partition coefficient (Wildman–Crippen LogP) is 2.76. The van der Waals surface area contributed by atoms with Crippen molar-refractivity contribution in [2.75, 3.05) is 19.7 Å². The molecule has 1 aromatic carbocycles. The summed E-state index contributed by atoms with van der Waals surface area (Å²) in [4.78, 5) is 0. The number of quaternary nitrogens is 1. The number of likely N-dealkylation sites (tertiary alicyclic amines) is 1. The Bertz CT molecular complexity index is 852. The van der Waals surface area contributed by atoms with Crippen LogP contribution < -0.4 is 4.74 Å². The highest BCUT2D eigenvalue weighted by Gasteiger charge is 2.76. The first-order valence-electron chi connectivity index (χ1n) is 11.4. The summed E-state index contributed by atoms with van der Waals surface area (Å²) >= 11 is 0. The van der Waals surface area contributed by atoms with E-state index in [0.29, 0.717) is 57.0 Å². The van der Waals surface area contributed by atoms with E-state index in [4.69, 9.17) is 9.47 Å². The monoisotopic (exact) mass is 401 g/mol. The minimum absolute atomic E-state index is 0.133. The molecule has 2 saturated carbocycles. The van der Waals surface area contributed by atoms with Crippen molar-refractivity contribution in [3.8, 4) is 11.5 Å². The van der Waals surface area contributed by atoms with Crippen molar-refractivity contribution in [2.24, 2.45) is 5.92 Å². The lowest BCUT2D eigenvalue weighted by molar-refractivity contribution is -0.924. The lowest BCUT2D eigenvalue weighted by Gasteiger charge is -2.69. The number of aliphatic hydroxyl groups is 1. The predicted molar refractivity (Wildman–Crippen MR) is 107 cm³/mol. The molecular weight excluding hydrogens is 370 g/mol. The van der Waals surface area contributed by atoms with Crippen LogP contribution in [0.3, 0.4) is 0 Å². The Morgan fingerprint density at radius 2 is 2.10 bits per heavy atom. The molecule has 0 amide bonds. The van der Waals surface area contributed by atoms with E-state index < -0.39 is 23.2 Å². The van der Waals surface area contributed by atoms with Crippen LogP contribution in [0, 0.1) is 11.1 Å². The summed E-state index contributed by atoms with van der Waals surface area (Å²) in [6.07, 6.45) is 4.73. The second-order valence-electron chi connectivity index (χ2n) is 10.1. The van der Waals surface area contributed by atoms with Gasteiger partial charge in [-0.25, -0.2) is 0 Å². The van der Waals surface area contributed by atoms with Crippen LogP contribution in [0.1, 0.15) is 56.6 Å². The molecule has 6 rings (SSSR count). The van der Waals surface area contributed by atoms with Gasteiger partial charge < -0.3 is 29.5 Å². The van der Waals surface area contributed by atoms with E-state index in [1.54, 1.807) is 6.07 Å². The van der Waals surface area contributed by atoms with Gasteiger partial charge >= 0.3 is 0 Å². The van der Waals surface area contributed by atoms with Crippen LogP contribution in [0.5, 0.6) is 11.5 Å². The molecule has 2 aliphatic heterocycles. The molecule has 6 nitrogen and oxygen atoms in total. The Balaban J connectivity index is 1.59. The third-order valence-electron chi connectivity index (χ3n) is 8.55. The maximum absolute atomic E-state index is 14.3. The first-order valence-corrected chi connectivity index (χ1v) is 11.4. The Morgan fingerprint density at radius 1 is 1.28 bits per heavy atom. The van der Waals surface area contributed by atoms with Gasteiger partial charge in [-0.2, -0.15) is 0 Å². The van der Waals surface area contributed by atoms with Crippen LogP contribution in [-0.4, -0.2) is 58.4 Å². The van der Waals surface area contributed by atoms with Crippen LogP contribution in [0.2, 0.25) is 0 Å². The van der Waals surface area contributed by atoms with Gasteiger partial charge in [-0.05, 0) is 43.7 Å². The molecule has 2 bridgehead atoms. The first-order chi connectivity index (χ1) is 14.0. The van der Waals surface area contributed by atoms with E-state index in [-0.39, 0.29) is 16.4 Å². The summed E-state index contributed by atoms with van der Waals surface area (Å²) in [5.41, 5.74) is 0.950. The number of phenolic OH excluding ortho intramolecular Hbond substituents is 1. The van der Waals surface area contributed by atoms with Gasteiger partial charge in [0.05, 0.1) is 24.6 Å². The second-order valence-corrected chi connectivity index (χ2v) is 10.1. The second kappa shape index (κ2) is 5.88. The molecular formula is C23H31NO5. The van der Waals surface area contributed by atoms with Crippen molar-refractivity contribution in [3.05, 3.63) is 28.5 Å². The molecule has 1 spiro atoms. The van der Waals surface area contributed by atoms with Crippen LogP contribution in [0.25, 0.3) is 0 Å². The van der Waals surface area contributed by atoms with Crippen molar-refractivity contribution in [1.82, 2.24) is 0 Å². The number of hydrogen-bond acceptors (Lipinski definition) is 5. The summed E-state index contributed by atoms with van der Waals surface area (Å²) < 4.78 is 12.9. The molecule has 29 heavy (non-hydrogen) atoms. The molecule has 5 aliphatic rings. The van der Waals surface area contributed by atoms with Gasteiger partial charge in [-0.1, -0.05) is 13.0 Å². The van der Waals surface area contributed by atoms with E-state index >= 15 is 0 Å². The van der Waals surface area contributed by atoms with Crippen LogP contribution in [-0.2, 0) is 16.6 Å². The van der Waals surface area contributed by atoms with Gasteiger partial charge in [0.25, 0.3) is 0 Å². The molecule has 3 unspecified atom stereocenters. The first kappa shape index (κ1) is 18.4. The van der Waals surface area contributed by atoms with E-state index in [1.165, 1.54) is 12.8 Å². The average molecular weight is 402 g/mol. The number of nitrogens with zero attached hydrogens (tertiary/aromatic N) is 1. The number of aliphatic hydroxyl groups excluding tert-OH is 1. The van der Waals surface area contributed by atoms with Gasteiger partial charge in [0, 0.05) is 30.9 Å².